The van der Waals surface area contributed by atoms with Gasteiger partial charge >= 0.3 is 11.9 Å². The molecule has 0 N–H and O–H groups in total. The highest BCUT2D eigenvalue weighted by molar-refractivity contribution is 5.91. The molecule has 0 bridgehead atoms. The lowest BCUT2D eigenvalue weighted by Gasteiger charge is -2.46. The summed E-state index contributed by atoms with van der Waals surface area (Å²) in [5, 5.41) is 0. The molecule has 68 heavy (non-hydrogen) atoms. The summed E-state index contributed by atoms with van der Waals surface area (Å²) in [6.45, 7) is 3.23. The SMILES string of the molecule is COc1cc2c(cc1OC)[C@@H](c1cc(OC)c(OC)c(OC)c1)[N@+](C)(CCCOC(=O)/C=C/C(=O)OCCC[N@+]1(C)CCc3cc(OC)c(OC)cc3[C@H]1c1cc(OC)c(OC)c(OC)c1)CC2. The number of fused-ring (bicyclic) bond motifs is 2. The van der Waals surface area contributed by atoms with Crippen molar-refractivity contribution in [1.82, 2.24) is 0 Å². The Morgan fingerprint density at radius 1 is 0.456 bits per heavy atom. The van der Waals surface area contributed by atoms with Crippen LogP contribution >= 0.6 is 0 Å². The number of methoxy groups -OCH3 is 10. The predicted octanol–water partition coefficient (Wildman–Crippen LogP) is 7.08. The van der Waals surface area contributed by atoms with E-state index in [0.29, 0.717) is 92.4 Å². The summed E-state index contributed by atoms with van der Waals surface area (Å²) in [6, 6.07) is 15.8. The van der Waals surface area contributed by atoms with E-state index >= 15 is 0 Å². The van der Waals surface area contributed by atoms with E-state index in [9.17, 15) is 9.59 Å². The second-order valence-corrected chi connectivity index (χ2v) is 17.3. The van der Waals surface area contributed by atoms with Crippen LogP contribution in [-0.4, -0.2) is 145 Å². The van der Waals surface area contributed by atoms with E-state index in [-0.39, 0.29) is 25.3 Å². The summed E-state index contributed by atoms with van der Waals surface area (Å²) in [5.41, 5.74) is 6.39. The number of carbonyl (C=O) groups is 2. The molecular weight excluding hydrogens is 877 g/mol. The summed E-state index contributed by atoms with van der Waals surface area (Å²) in [6.07, 6.45) is 4.94. The van der Waals surface area contributed by atoms with Crippen LogP contribution in [0.15, 0.2) is 60.7 Å². The molecule has 4 atom stereocenters. The van der Waals surface area contributed by atoms with Crippen LogP contribution in [-0.2, 0) is 31.9 Å². The van der Waals surface area contributed by atoms with Crippen molar-refractivity contribution in [3.05, 3.63) is 94.1 Å². The number of esters is 2. The van der Waals surface area contributed by atoms with Crippen molar-refractivity contribution < 1.29 is 75.4 Å². The first-order valence-corrected chi connectivity index (χ1v) is 22.6. The van der Waals surface area contributed by atoms with Crippen LogP contribution in [0.3, 0.4) is 0 Å². The molecule has 368 valence electrons. The van der Waals surface area contributed by atoms with Gasteiger partial charge in [0, 0.05) is 60.1 Å². The summed E-state index contributed by atoms with van der Waals surface area (Å²) in [4.78, 5) is 25.8. The van der Waals surface area contributed by atoms with Gasteiger partial charge in [-0.2, -0.15) is 0 Å². The topological polar surface area (TPSA) is 145 Å². The van der Waals surface area contributed by atoms with Gasteiger partial charge in [0.15, 0.2) is 46.0 Å². The van der Waals surface area contributed by atoms with Gasteiger partial charge in [-0.05, 0) is 59.7 Å². The van der Waals surface area contributed by atoms with Gasteiger partial charge < -0.3 is 65.8 Å². The van der Waals surface area contributed by atoms with Gasteiger partial charge in [-0.3, -0.25) is 0 Å². The molecule has 2 aliphatic heterocycles. The molecule has 2 aliphatic rings. The Hall–Kier alpha value is -6.52. The Morgan fingerprint density at radius 2 is 0.765 bits per heavy atom. The molecule has 0 fully saturated rings. The Kier molecular flexibility index (Phi) is 16.8. The van der Waals surface area contributed by atoms with Gasteiger partial charge in [-0.25, -0.2) is 9.59 Å². The lowest BCUT2D eigenvalue weighted by atomic mass is 9.85. The third-order valence-corrected chi connectivity index (χ3v) is 13.4. The minimum atomic E-state index is -0.628. The van der Waals surface area contributed by atoms with Crippen molar-refractivity contribution in [3.63, 3.8) is 0 Å². The zero-order chi connectivity index (χ0) is 49.2. The maximum Gasteiger partial charge on any atom is 0.331 e. The van der Waals surface area contributed by atoms with Crippen LogP contribution in [0.25, 0.3) is 0 Å². The van der Waals surface area contributed by atoms with E-state index in [4.69, 9.17) is 56.8 Å². The van der Waals surface area contributed by atoms with Gasteiger partial charge in [0.1, 0.15) is 12.1 Å². The fraction of sp³-hybridized carbons (Fsp3) is 0.462. The van der Waals surface area contributed by atoms with Crippen molar-refractivity contribution in [2.75, 3.05) is 125 Å². The molecule has 0 aromatic heterocycles. The van der Waals surface area contributed by atoms with E-state index < -0.39 is 11.9 Å². The first-order valence-electron chi connectivity index (χ1n) is 22.6. The van der Waals surface area contributed by atoms with Crippen LogP contribution in [0.5, 0.6) is 57.5 Å². The van der Waals surface area contributed by atoms with E-state index in [1.165, 1.54) is 0 Å². The maximum absolute atomic E-state index is 12.9. The Morgan fingerprint density at radius 3 is 1.06 bits per heavy atom. The smallest absolute Gasteiger partial charge is 0.331 e. The van der Waals surface area contributed by atoms with E-state index in [0.717, 1.165) is 71.5 Å². The number of rotatable bonds is 22. The number of quaternary nitrogens is 2. The quantitative estimate of drug-likeness (QED) is 0.0343. The second-order valence-electron chi connectivity index (χ2n) is 17.3. The minimum Gasteiger partial charge on any atom is -0.493 e. The van der Waals surface area contributed by atoms with Crippen LogP contribution in [0.2, 0.25) is 0 Å². The monoisotopic (exact) mass is 944 g/mol. The Balaban J connectivity index is 1.09. The lowest BCUT2D eigenvalue weighted by molar-refractivity contribution is -0.935. The molecule has 0 radical (unpaired) electrons. The number of ether oxygens (including phenoxy) is 12. The van der Waals surface area contributed by atoms with Gasteiger partial charge in [-0.1, -0.05) is 0 Å². The molecule has 16 nitrogen and oxygen atoms in total. The summed E-state index contributed by atoms with van der Waals surface area (Å²) >= 11 is 0. The van der Waals surface area contributed by atoms with E-state index in [1.807, 2.05) is 48.5 Å². The fourth-order valence-electron chi connectivity index (χ4n) is 10.0. The molecule has 0 amide bonds. The van der Waals surface area contributed by atoms with E-state index in [1.54, 1.807) is 71.1 Å². The lowest BCUT2D eigenvalue weighted by Crippen LogP contribution is -2.52. The van der Waals surface area contributed by atoms with E-state index in [2.05, 4.69) is 14.1 Å². The van der Waals surface area contributed by atoms with Crippen LogP contribution in [0.4, 0.5) is 0 Å². The highest BCUT2D eigenvalue weighted by Crippen LogP contribution is 2.50. The molecule has 0 spiro atoms. The second kappa shape index (κ2) is 22.5. The average Bonchev–Trinajstić information content (AvgIpc) is 3.36. The molecule has 4 aromatic carbocycles. The molecule has 0 unspecified atom stereocenters. The number of hydrogen-bond acceptors (Lipinski definition) is 14. The van der Waals surface area contributed by atoms with Crippen molar-refractivity contribution in [1.29, 1.82) is 0 Å². The molecular formula is C52H68N2O14+2. The molecule has 0 saturated heterocycles. The normalized spacial score (nSPS) is 19.5. The summed E-state index contributed by atoms with van der Waals surface area (Å²) in [5.74, 6) is 4.54. The first kappa shape index (κ1) is 50.9. The highest BCUT2D eigenvalue weighted by Gasteiger charge is 2.43. The highest BCUT2D eigenvalue weighted by atomic mass is 16.6. The fourth-order valence-corrected chi connectivity index (χ4v) is 10.0. The molecule has 4 aromatic rings. The Bertz CT molecular complexity index is 2240. The van der Waals surface area contributed by atoms with Crippen molar-refractivity contribution in [3.8, 4) is 57.5 Å². The maximum atomic E-state index is 12.9. The Labute approximate surface area is 400 Å². The summed E-state index contributed by atoms with van der Waals surface area (Å²) < 4.78 is 69.5. The molecule has 2 heterocycles. The van der Waals surface area contributed by atoms with Gasteiger partial charge in [0.25, 0.3) is 0 Å². The zero-order valence-corrected chi connectivity index (χ0v) is 41.6. The third kappa shape index (κ3) is 10.6. The molecule has 16 heteroatoms. The van der Waals surface area contributed by atoms with Gasteiger partial charge in [-0.15, -0.1) is 0 Å². The van der Waals surface area contributed by atoms with Crippen LogP contribution in [0, 0.1) is 0 Å². The molecule has 0 saturated carbocycles. The largest absolute Gasteiger partial charge is 0.493 e. The minimum absolute atomic E-state index is 0.151. The zero-order valence-electron chi connectivity index (χ0n) is 41.6. The summed E-state index contributed by atoms with van der Waals surface area (Å²) in [7, 11) is 20.5. The number of hydrogen-bond donors (Lipinski definition) is 0. The molecule has 6 rings (SSSR count). The first-order chi connectivity index (χ1) is 32.8. The standard InChI is InChI=1S/C52H68N2O14/c1-53(21-17-33-25-39(57-3)41(59-5)31-37(33)49(53)35-27-43(61-7)51(65-11)44(28-35)62-8)19-13-23-67-47(55)15-16-48(56)68-24-14-20-54(2)22-18-34-26-40(58-4)42(60-6)32-38(34)50(54)36-29-45(63-9)52(66-12)46(30-36)64-10/h15-16,25-32,49-50H,13-14,17-24H2,1-12H3/q+2/b16-15+/t49-,50-,53-,54-/m1/s1. The number of benzene rings is 4. The van der Waals surface area contributed by atoms with Crippen molar-refractivity contribution in [2.45, 2.75) is 37.8 Å². The van der Waals surface area contributed by atoms with Crippen LogP contribution < -0.4 is 47.4 Å². The van der Waals surface area contributed by atoms with Crippen molar-refractivity contribution in [2.24, 2.45) is 0 Å². The number of nitrogens with zero attached hydrogens (tertiary/aromatic N) is 2. The van der Waals surface area contributed by atoms with Crippen LogP contribution in [0.1, 0.15) is 58.3 Å². The van der Waals surface area contributed by atoms with Crippen molar-refractivity contribution >= 4 is 11.9 Å². The predicted molar refractivity (Wildman–Crippen MR) is 255 cm³/mol. The number of likely N-dealkylation sites (N-methyl/N-ethyl adjacent to an activating group) is 2. The van der Waals surface area contributed by atoms with Gasteiger partial charge in [0.2, 0.25) is 11.5 Å². The molecule has 0 aliphatic carbocycles. The number of carbonyl (C=O) groups excluding carboxylic acids is 2. The average molecular weight is 945 g/mol. The van der Waals surface area contributed by atoms with Gasteiger partial charge in [0.05, 0.1) is 125 Å². The third-order valence-electron chi connectivity index (χ3n) is 13.4.